The summed E-state index contributed by atoms with van der Waals surface area (Å²) in [5.41, 5.74) is 9.35. The van der Waals surface area contributed by atoms with Gasteiger partial charge in [0.15, 0.2) is 12.8 Å². The van der Waals surface area contributed by atoms with Crippen molar-refractivity contribution in [3.05, 3.63) is 73.4 Å². The maximum absolute atomic E-state index is 13.1. The van der Waals surface area contributed by atoms with Crippen LogP contribution in [-0.2, 0) is 16.2 Å². The largest absolute Gasteiger partial charge is 0.483 e. The van der Waals surface area contributed by atoms with Crippen molar-refractivity contribution >= 4 is 23.5 Å². The van der Waals surface area contributed by atoms with Crippen LogP contribution in [-0.4, -0.2) is 60.0 Å². The number of nitrogens with one attached hydrogen (secondary N) is 1. The summed E-state index contributed by atoms with van der Waals surface area (Å²) < 4.78 is 6.06. The van der Waals surface area contributed by atoms with E-state index in [-0.39, 0.29) is 19.1 Å². The normalized spacial score (nSPS) is 18.6. The van der Waals surface area contributed by atoms with Crippen LogP contribution >= 0.6 is 11.6 Å². The number of nitrogens with zero attached hydrogens (tertiary/aromatic N) is 3. The van der Waals surface area contributed by atoms with Crippen LogP contribution in [0.4, 0.5) is 0 Å². The fourth-order valence-corrected chi connectivity index (χ4v) is 5.25. The van der Waals surface area contributed by atoms with Gasteiger partial charge in [-0.1, -0.05) is 17.7 Å². The summed E-state index contributed by atoms with van der Waals surface area (Å²) in [6, 6.07) is 5.68. The smallest absolute Gasteiger partial charge is 0.260 e. The molecule has 9 heteroatoms. The van der Waals surface area contributed by atoms with E-state index >= 15 is 0 Å². The predicted molar refractivity (Wildman–Crippen MR) is 149 cm³/mol. The molecule has 0 aliphatic carbocycles. The van der Waals surface area contributed by atoms with Crippen LogP contribution < -0.4 is 10.1 Å². The number of carbonyl (C=O) groups is 1. The van der Waals surface area contributed by atoms with Crippen LogP contribution in [0.2, 0.25) is 5.02 Å². The number of aryl methyl sites for hydroxylation is 1. The molecular weight excluding hydrogens is 504 g/mol. The van der Waals surface area contributed by atoms with E-state index in [4.69, 9.17) is 21.2 Å². The summed E-state index contributed by atoms with van der Waals surface area (Å²) in [7, 11) is 1.48. The summed E-state index contributed by atoms with van der Waals surface area (Å²) >= 11 is 6.07. The number of aliphatic imine (C=N–C) groups is 1. The van der Waals surface area contributed by atoms with Crippen molar-refractivity contribution in [3.63, 3.8) is 0 Å². The Bertz CT molecular complexity index is 1290. The Balaban J connectivity index is 1.46. The molecule has 204 valence electrons. The molecular formula is C29H37ClN4O4. The second kappa shape index (κ2) is 11.4. The zero-order chi connectivity index (χ0) is 27.7. The van der Waals surface area contributed by atoms with E-state index in [1.54, 1.807) is 4.90 Å². The Hall–Kier alpha value is -3.07. The van der Waals surface area contributed by atoms with E-state index in [1.165, 1.54) is 28.9 Å². The molecule has 4 rings (SSSR count). The lowest BCUT2D eigenvalue weighted by molar-refractivity contribution is -0.159. The molecule has 2 heterocycles. The molecule has 2 aromatic carbocycles. The van der Waals surface area contributed by atoms with Gasteiger partial charge in [0, 0.05) is 35.8 Å². The molecule has 1 unspecified atom stereocenters. The molecule has 2 aromatic rings. The van der Waals surface area contributed by atoms with Gasteiger partial charge in [-0.3, -0.25) is 9.63 Å². The summed E-state index contributed by atoms with van der Waals surface area (Å²) in [5.74, 6) is 1.07. The highest BCUT2D eigenvalue weighted by Gasteiger charge is 2.36. The highest BCUT2D eigenvalue weighted by atomic mass is 35.5. The van der Waals surface area contributed by atoms with Gasteiger partial charge in [-0.15, -0.1) is 0 Å². The molecule has 2 aliphatic heterocycles. The van der Waals surface area contributed by atoms with Crippen LogP contribution in [0.15, 0.2) is 34.5 Å². The summed E-state index contributed by atoms with van der Waals surface area (Å²) in [6.07, 6.45) is -0.500. The minimum atomic E-state index is -1.07. The zero-order valence-corrected chi connectivity index (χ0v) is 24.0. The number of amides is 1. The number of guanidine groups is 1. The number of hydroxylamine groups is 2. The number of hydrogen-bond donors (Lipinski definition) is 2. The number of benzene rings is 2. The molecule has 2 aliphatic rings. The second-order valence-electron chi connectivity index (χ2n) is 10.0. The van der Waals surface area contributed by atoms with Gasteiger partial charge in [-0.25, -0.2) is 4.99 Å². The molecule has 0 spiro atoms. The predicted octanol–water partition coefficient (Wildman–Crippen LogP) is 4.40. The molecule has 0 aromatic heterocycles. The third-order valence-corrected chi connectivity index (χ3v) is 8.15. The standard InChI is InChI=1S/C29H37ClN4O4/c1-16-12-23(30)9-8-22(16)13-31-29-32-25-10-11-33(14-24(25)28(36)34(29)37-7)26(35)15-38-27-20(5)18(3)17(2)19(4)21(27)6/h8-9,12,28,36H,10-11,13-15H2,1-7H3,(H,31,32). The molecule has 0 saturated heterocycles. The Morgan fingerprint density at radius 1 is 1.11 bits per heavy atom. The second-order valence-corrected chi connectivity index (χ2v) is 10.5. The maximum atomic E-state index is 13.1. The van der Waals surface area contributed by atoms with Gasteiger partial charge in [0.1, 0.15) is 5.75 Å². The van der Waals surface area contributed by atoms with E-state index in [0.717, 1.165) is 33.7 Å². The fraction of sp³-hybridized carbons (Fsp3) is 0.448. The van der Waals surface area contributed by atoms with Crippen LogP contribution in [0.5, 0.6) is 5.75 Å². The number of carbonyl (C=O) groups excluding carboxylic acids is 1. The third-order valence-electron chi connectivity index (χ3n) is 7.91. The number of hydrogen-bond acceptors (Lipinski definition) is 5. The first kappa shape index (κ1) is 28.0. The van der Waals surface area contributed by atoms with E-state index in [2.05, 4.69) is 31.1 Å². The Labute approximate surface area is 229 Å². The first-order chi connectivity index (χ1) is 18.0. The maximum Gasteiger partial charge on any atom is 0.260 e. The van der Waals surface area contributed by atoms with Crippen LogP contribution in [0.3, 0.4) is 0 Å². The van der Waals surface area contributed by atoms with Crippen molar-refractivity contribution in [2.24, 2.45) is 4.99 Å². The highest BCUT2D eigenvalue weighted by Crippen LogP contribution is 2.32. The molecule has 2 N–H and O–H groups in total. The molecule has 38 heavy (non-hydrogen) atoms. The lowest BCUT2D eigenvalue weighted by Gasteiger charge is -2.41. The van der Waals surface area contributed by atoms with Crippen LogP contribution in [0.1, 0.15) is 45.4 Å². The van der Waals surface area contributed by atoms with Crippen molar-refractivity contribution < 1.29 is 19.5 Å². The van der Waals surface area contributed by atoms with E-state index in [0.29, 0.717) is 36.1 Å². The average Bonchev–Trinajstić information content (AvgIpc) is 2.90. The van der Waals surface area contributed by atoms with Gasteiger partial charge < -0.3 is 20.1 Å². The number of ether oxygens (including phenoxy) is 1. The minimum absolute atomic E-state index is 0.0586. The molecule has 0 fully saturated rings. The number of halogens is 1. The third kappa shape index (κ3) is 5.39. The average molecular weight is 541 g/mol. The monoisotopic (exact) mass is 540 g/mol. The van der Waals surface area contributed by atoms with Crippen molar-refractivity contribution in [2.75, 3.05) is 26.8 Å². The molecule has 1 amide bonds. The Morgan fingerprint density at radius 2 is 1.76 bits per heavy atom. The van der Waals surface area contributed by atoms with Gasteiger partial charge in [-0.2, -0.15) is 5.06 Å². The topological polar surface area (TPSA) is 86.6 Å². The van der Waals surface area contributed by atoms with Gasteiger partial charge in [0.2, 0.25) is 5.96 Å². The SMILES string of the molecule is CON1C(=NCc2ccc(Cl)cc2C)NC2=C(CN(C(=O)COc3c(C)c(C)c(C)c(C)c3C)CC2)C1O. The lowest BCUT2D eigenvalue weighted by Crippen LogP contribution is -2.56. The van der Waals surface area contributed by atoms with Crippen molar-refractivity contribution in [1.82, 2.24) is 15.3 Å². The van der Waals surface area contributed by atoms with Crippen LogP contribution in [0, 0.1) is 41.5 Å². The molecule has 8 nitrogen and oxygen atoms in total. The van der Waals surface area contributed by atoms with E-state index in [1.807, 2.05) is 39.0 Å². The van der Waals surface area contributed by atoms with E-state index < -0.39 is 6.23 Å². The molecule has 0 bridgehead atoms. The van der Waals surface area contributed by atoms with Gasteiger partial charge >= 0.3 is 0 Å². The lowest BCUT2D eigenvalue weighted by atomic mass is 9.94. The van der Waals surface area contributed by atoms with Crippen molar-refractivity contribution in [1.29, 1.82) is 0 Å². The van der Waals surface area contributed by atoms with Crippen molar-refractivity contribution in [2.45, 2.75) is 60.7 Å². The summed E-state index contributed by atoms with van der Waals surface area (Å²) in [5, 5.41) is 16.5. The minimum Gasteiger partial charge on any atom is -0.483 e. The fourth-order valence-electron chi connectivity index (χ4n) is 5.03. The van der Waals surface area contributed by atoms with Gasteiger partial charge in [-0.05, 0) is 92.6 Å². The van der Waals surface area contributed by atoms with Crippen LogP contribution in [0.25, 0.3) is 0 Å². The first-order valence-electron chi connectivity index (χ1n) is 12.8. The Kier molecular flexibility index (Phi) is 8.35. The van der Waals surface area contributed by atoms with Gasteiger partial charge in [0.05, 0.1) is 13.7 Å². The number of aliphatic hydroxyl groups excluding tert-OH is 1. The molecule has 1 atom stereocenters. The summed E-state index contributed by atoms with van der Waals surface area (Å²) in [4.78, 5) is 25.0. The van der Waals surface area contributed by atoms with Crippen molar-refractivity contribution in [3.8, 4) is 5.75 Å². The van der Waals surface area contributed by atoms with Gasteiger partial charge in [0.25, 0.3) is 5.91 Å². The number of rotatable bonds is 6. The number of aliphatic hydroxyl groups is 1. The summed E-state index contributed by atoms with van der Waals surface area (Å²) in [6.45, 7) is 13.5. The first-order valence-corrected chi connectivity index (χ1v) is 13.2. The van der Waals surface area contributed by atoms with E-state index in [9.17, 15) is 9.90 Å². The molecule has 0 saturated carbocycles. The zero-order valence-electron chi connectivity index (χ0n) is 23.2. The highest BCUT2D eigenvalue weighted by molar-refractivity contribution is 6.30. The molecule has 0 radical (unpaired) electrons. The Morgan fingerprint density at radius 3 is 2.39 bits per heavy atom. The quantitative estimate of drug-likeness (QED) is 0.565.